The zero-order valence-electron chi connectivity index (χ0n) is 18.0. The minimum atomic E-state index is -3.86. The van der Waals surface area contributed by atoms with Gasteiger partial charge >= 0.3 is 5.69 Å². The normalized spacial score (nSPS) is 12.4. The summed E-state index contributed by atoms with van der Waals surface area (Å²) in [7, 11) is -3.86. The summed E-state index contributed by atoms with van der Waals surface area (Å²) in [5, 5.41) is 14.3. The predicted octanol–water partition coefficient (Wildman–Crippen LogP) is 3.19. The number of nitro benzene ring substituents is 1. The average molecular weight is 450 g/mol. The van der Waals surface area contributed by atoms with Crippen molar-refractivity contribution in [3.63, 3.8) is 0 Å². The first-order valence-corrected chi connectivity index (χ1v) is 11.3. The first-order valence-electron chi connectivity index (χ1n) is 9.88. The number of hydrogen-bond acceptors (Lipinski definition) is 6. The molecule has 0 aliphatic heterocycles. The van der Waals surface area contributed by atoms with Gasteiger partial charge in [-0.25, -0.2) is 8.42 Å². The number of nitrogens with one attached hydrogen (secondary N) is 1. The first-order chi connectivity index (χ1) is 14.6. The molecule has 31 heavy (non-hydrogen) atoms. The van der Waals surface area contributed by atoms with E-state index in [4.69, 9.17) is 4.74 Å². The van der Waals surface area contributed by atoms with E-state index in [1.807, 2.05) is 38.1 Å². The molecule has 10 heteroatoms. The molecule has 0 saturated heterocycles. The fraction of sp³-hybridized carbons (Fsp3) is 0.381. The summed E-state index contributed by atoms with van der Waals surface area (Å²) in [6.45, 7) is 7.17. The summed E-state index contributed by atoms with van der Waals surface area (Å²) in [6.07, 6.45) is 0. The molecule has 1 atom stereocenters. The molecule has 0 heterocycles. The number of rotatable bonds is 10. The van der Waals surface area contributed by atoms with E-state index in [-0.39, 0.29) is 29.8 Å². The fourth-order valence-electron chi connectivity index (χ4n) is 3.21. The zero-order chi connectivity index (χ0) is 23.2. The van der Waals surface area contributed by atoms with Crippen molar-refractivity contribution in [2.75, 3.05) is 19.7 Å². The minimum absolute atomic E-state index is 0.179. The lowest BCUT2D eigenvalue weighted by molar-refractivity contribution is -0.386. The van der Waals surface area contributed by atoms with Crippen molar-refractivity contribution in [2.45, 2.75) is 38.6 Å². The van der Waals surface area contributed by atoms with Crippen molar-refractivity contribution in [3.05, 3.63) is 63.7 Å². The molecule has 0 saturated carbocycles. The van der Waals surface area contributed by atoms with E-state index in [9.17, 15) is 23.3 Å². The van der Waals surface area contributed by atoms with Crippen molar-refractivity contribution in [2.24, 2.45) is 0 Å². The van der Waals surface area contributed by atoms with Crippen LogP contribution in [0.3, 0.4) is 0 Å². The summed E-state index contributed by atoms with van der Waals surface area (Å²) in [5.74, 6) is -0.632. The van der Waals surface area contributed by atoms with Crippen molar-refractivity contribution < 1.29 is 22.9 Å². The molecule has 0 bridgehead atoms. The number of ether oxygens (including phenoxy) is 1. The maximum Gasteiger partial charge on any atom is 0.312 e. The van der Waals surface area contributed by atoms with Crippen molar-refractivity contribution in [3.8, 4) is 5.75 Å². The van der Waals surface area contributed by atoms with Crippen LogP contribution in [-0.2, 0) is 14.8 Å². The van der Waals surface area contributed by atoms with Gasteiger partial charge in [-0.3, -0.25) is 14.9 Å². The highest BCUT2D eigenvalue weighted by molar-refractivity contribution is 7.89. The summed E-state index contributed by atoms with van der Waals surface area (Å²) in [4.78, 5) is 22.8. The first kappa shape index (κ1) is 24.3. The smallest absolute Gasteiger partial charge is 0.312 e. The van der Waals surface area contributed by atoms with Gasteiger partial charge in [0.2, 0.25) is 10.0 Å². The number of benzene rings is 2. The number of aryl methyl sites for hydroxylation is 1. The average Bonchev–Trinajstić information content (AvgIpc) is 2.72. The van der Waals surface area contributed by atoms with E-state index in [2.05, 4.69) is 5.32 Å². The third-order valence-corrected chi connectivity index (χ3v) is 6.91. The van der Waals surface area contributed by atoms with Crippen LogP contribution in [0.15, 0.2) is 47.4 Å². The molecule has 2 aromatic carbocycles. The number of hydrogen-bond donors (Lipinski definition) is 1. The van der Waals surface area contributed by atoms with Crippen LogP contribution in [0.4, 0.5) is 5.69 Å². The highest BCUT2D eigenvalue weighted by Gasteiger charge is 2.26. The van der Waals surface area contributed by atoms with E-state index < -0.39 is 33.1 Å². The largest absolute Gasteiger partial charge is 0.477 e. The number of nitrogens with zero attached hydrogens (tertiary/aromatic N) is 2. The van der Waals surface area contributed by atoms with Gasteiger partial charge in [0.05, 0.1) is 15.9 Å². The standard InChI is InChI=1S/C21H27N3O6S/c1-5-23(6-2)31(28,29)17-11-12-20(19(13-17)24(26)27)30-14-21(25)22-16(4)18-10-8-7-9-15(18)3/h7-13,16H,5-6,14H2,1-4H3,(H,22,25). The lowest BCUT2D eigenvalue weighted by Gasteiger charge is -2.19. The van der Waals surface area contributed by atoms with Gasteiger partial charge in [-0.1, -0.05) is 38.1 Å². The number of carbonyl (C=O) groups is 1. The Balaban J connectivity index is 2.15. The molecule has 0 aliphatic rings. The van der Waals surface area contributed by atoms with Crippen LogP contribution in [0.2, 0.25) is 0 Å². The van der Waals surface area contributed by atoms with Crippen LogP contribution in [-0.4, -0.2) is 43.2 Å². The highest BCUT2D eigenvalue weighted by atomic mass is 32.2. The number of nitro groups is 1. The van der Waals surface area contributed by atoms with E-state index in [1.54, 1.807) is 13.8 Å². The van der Waals surface area contributed by atoms with E-state index in [0.717, 1.165) is 17.2 Å². The fourth-order valence-corrected chi connectivity index (χ4v) is 4.69. The Morgan fingerprint density at radius 1 is 1.19 bits per heavy atom. The minimum Gasteiger partial charge on any atom is -0.477 e. The van der Waals surface area contributed by atoms with Crippen molar-refractivity contribution in [1.82, 2.24) is 9.62 Å². The third kappa shape index (κ3) is 5.80. The van der Waals surface area contributed by atoms with Gasteiger partial charge in [0.1, 0.15) is 0 Å². The Morgan fingerprint density at radius 2 is 1.84 bits per heavy atom. The van der Waals surface area contributed by atoms with Gasteiger partial charge in [-0.2, -0.15) is 4.31 Å². The van der Waals surface area contributed by atoms with E-state index in [1.165, 1.54) is 16.4 Å². The Kier molecular flexibility index (Phi) is 8.12. The summed E-state index contributed by atoms with van der Waals surface area (Å²) >= 11 is 0. The molecule has 0 radical (unpaired) electrons. The second-order valence-corrected chi connectivity index (χ2v) is 8.85. The van der Waals surface area contributed by atoms with Crippen LogP contribution >= 0.6 is 0 Å². The van der Waals surface area contributed by atoms with Crippen LogP contribution in [0.5, 0.6) is 5.75 Å². The number of carbonyl (C=O) groups excluding carboxylic acids is 1. The molecule has 2 rings (SSSR count). The van der Waals surface area contributed by atoms with Crippen molar-refractivity contribution in [1.29, 1.82) is 0 Å². The second-order valence-electron chi connectivity index (χ2n) is 6.91. The highest BCUT2D eigenvalue weighted by Crippen LogP contribution is 2.31. The monoisotopic (exact) mass is 449 g/mol. The quantitative estimate of drug-likeness (QED) is 0.439. The second kappa shape index (κ2) is 10.4. The summed E-state index contributed by atoms with van der Waals surface area (Å²) in [6, 6.07) is 10.7. The number of amides is 1. The Labute approximate surface area is 182 Å². The molecule has 2 aromatic rings. The molecule has 0 spiro atoms. The molecule has 168 valence electrons. The molecule has 1 amide bonds. The predicted molar refractivity (Wildman–Crippen MR) is 116 cm³/mol. The van der Waals surface area contributed by atoms with Crippen LogP contribution in [0.1, 0.15) is 37.9 Å². The molecule has 1 unspecified atom stereocenters. The van der Waals surface area contributed by atoms with Gasteiger partial charge in [0, 0.05) is 19.2 Å². The Bertz CT molecular complexity index is 1050. The van der Waals surface area contributed by atoms with Crippen molar-refractivity contribution >= 4 is 21.6 Å². The van der Waals surface area contributed by atoms with Gasteiger partial charge in [0.15, 0.2) is 12.4 Å². The molecule has 9 nitrogen and oxygen atoms in total. The Hall–Kier alpha value is -2.98. The van der Waals surface area contributed by atoms with E-state index >= 15 is 0 Å². The summed E-state index contributed by atoms with van der Waals surface area (Å²) in [5.41, 5.74) is 1.46. The molecule has 0 aromatic heterocycles. The van der Waals surface area contributed by atoms with Gasteiger partial charge in [-0.05, 0) is 37.1 Å². The molecular weight excluding hydrogens is 422 g/mol. The van der Waals surface area contributed by atoms with Crippen LogP contribution in [0, 0.1) is 17.0 Å². The van der Waals surface area contributed by atoms with E-state index in [0.29, 0.717) is 0 Å². The third-order valence-electron chi connectivity index (χ3n) is 4.86. The topological polar surface area (TPSA) is 119 Å². The maximum atomic E-state index is 12.6. The molecule has 1 N–H and O–H groups in total. The molecule has 0 aliphatic carbocycles. The van der Waals surface area contributed by atoms with Gasteiger partial charge < -0.3 is 10.1 Å². The summed E-state index contributed by atoms with van der Waals surface area (Å²) < 4.78 is 31.8. The maximum absolute atomic E-state index is 12.6. The Morgan fingerprint density at radius 3 is 2.42 bits per heavy atom. The van der Waals surface area contributed by atoms with Crippen LogP contribution < -0.4 is 10.1 Å². The lowest BCUT2D eigenvalue weighted by atomic mass is 10.0. The number of sulfonamides is 1. The SMILES string of the molecule is CCN(CC)S(=O)(=O)c1ccc(OCC(=O)NC(C)c2ccccc2C)c([N+](=O)[O-])c1. The molecular formula is C21H27N3O6S. The lowest BCUT2D eigenvalue weighted by Crippen LogP contribution is -2.31. The molecule has 0 fully saturated rings. The van der Waals surface area contributed by atoms with Gasteiger partial charge in [0.25, 0.3) is 5.91 Å². The van der Waals surface area contributed by atoms with Crippen LogP contribution in [0.25, 0.3) is 0 Å². The van der Waals surface area contributed by atoms with Gasteiger partial charge in [-0.15, -0.1) is 0 Å². The zero-order valence-corrected chi connectivity index (χ0v) is 18.8.